The van der Waals surface area contributed by atoms with Gasteiger partial charge in [-0.1, -0.05) is 36.4 Å². The lowest BCUT2D eigenvalue weighted by Gasteiger charge is -2.18. The number of nitrogens with one attached hydrogen (secondary N) is 1. The van der Waals surface area contributed by atoms with E-state index in [4.69, 9.17) is 4.74 Å². The second kappa shape index (κ2) is 6.59. The third-order valence-electron chi connectivity index (χ3n) is 4.92. The van der Waals surface area contributed by atoms with Crippen LogP contribution in [0.2, 0.25) is 0 Å². The van der Waals surface area contributed by atoms with Gasteiger partial charge in [-0.3, -0.25) is 9.69 Å². The minimum absolute atomic E-state index is 0.0262. The zero-order valence-corrected chi connectivity index (χ0v) is 13.9. The first-order valence-corrected chi connectivity index (χ1v) is 8.63. The molecule has 1 N–H and O–H groups in total. The minimum atomic E-state index is -0.369. The van der Waals surface area contributed by atoms with Crippen molar-refractivity contribution in [3.05, 3.63) is 59.7 Å². The van der Waals surface area contributed by atoms with E-state index in [2.05, 4.69) is 17.4 Å². The Hall–Kier alpha value is -2.82. The molecule has 0 bridgehead atoms. The number of aryl methyl sites for hydroxylation is 1. The number of para-hydroxylation sites is 2. The van der Waals surface area contributed by atoms with Crippen molar-refractivity contribution in [2.75, 3.05) is 23.4 Å². The molecule has 0 saturated carbocycles. The van der Waals surface area contributed by atoms with Gasteiger partial charge in [0.1, 0.15) is 6.61 Å². The lowest BCUT2D eigenvalue weighted by Crippen LogP contribution is -2.25. The lowest BCUT2D eigenvalue weighted by molar-refractivity contribution is -0.116. The fraction of sp³-hybridized carbons (Fsp3) is 0.300. The molecule has 1 saturated heterocycles. The van der Waals surface area contributed by atoms with E-state index in [1.165, 1.54) is 11.1 Å². The van der Waals surface area contributed by atoms with Crippen molar-refractivity contribution in [3.63, 3.8) is 0 Å². The topological polar surface area (TPSA) is 58.6 Å². The summed E-state index contributed by atoms with van der Waals surface area (Å²) in [6, 6.07) is 15.7. The van der Waals surface area contributed by atoms with Crippen LogP contribution in [0.4, 0.5) is 16.2 Å². The predicted octanol–water partition coefficient (Wildman–Crippen LogP) is 3.70. The second-order valence-corrected chi connectivity index (χ2v) is 6.47. The molecule has 0 unspecified atom stereocenters. The quantitative estimate of drug-likeness (QED) is 0.926. The summed E-state index contributed by atoms with van der Waals surface area (Å²) in [5, 5.41) is 2.98. The number of hydrogen-bond acceptors (Lipinski definition) is 3. The number of cyclic esters (lactones) is 1. The molecule has 2 amide bonds. The first-order valence-electron chi connectivity index (χ1n) is 8.63. The first kappa shape index (κ1) is 15.7. The van der Waals surface area contributed by atoms with Crippen LogP contribution in [0.5, 0.6) is 0 Å². The number of nitrogens with zero attached hydrogens (tertiary/aromatic N) is 1. The summed E-state index contributed by atoms with van der Waals surface area (Å²) in [7, 11) is 0. The van der Waals surface area contributed by atoms with Gasteiger partial charge in [-0.25, -0.2) is 4.79 Å². The van der Waals surface area contributed by atoms with Gasteiger partial charge in [0.25, 0.3) is 0 Å². The van der Waals surface area contributed by atoms with E-state index in [1.807, 2.05) is 36.4 Å². The van der Waals surface area contributed by atoms with Crippen LogP contribution in [0.1, 0.15) is 29.9 Å². The summed E-state index contributed by atoms with van der Waals surface area (Å²) in [6.45, 7) is 0.877. The molecule has 2 aromatic rings. The highest BCUT2D eigenvalue weighted by Gasteiger charge is 2.27. The Morgan fingerprint density at radius 3 is 2.80 bits per heavy atom. The van der Waals surface area contributed by atoms with Gasteiger partial charge in [0.05, 0.1) is 17.9 Å². The summed E-state index contributed by atoms with van der Waals surface area (Å²) in [6.07, 6.45) is 2.12. The van der Waals surface area contributed by atoms with Gasteiger partial charge in [-0.05, 0) is 42.0 Å². The zero-order valence-electron chi connectivity index (χ0n) is 13.9. The van der Waals surface area contributed by atoms with Crippen LogP contribution in [0.3, 0.4) is 0 Å². The SMILES string of the molecule is O=C(C[C@H]1CCc2ccccc21)Nc1ccccc1N1CCOC1=O. The van der Waals surface area contributed by atoms with Crippen molar-refractivity contribution in [3.8, 4) is 0 Å². The van der Waals surface area contributed by atoms with Crippen molar-refractivity contribution in [1.29, 1.82) is 0 Å². The average Bonchev–Trinajstić information content (AvgIpc) is 3.22. The predicted molar refractivity (Wildman–Crippen MR) is 95.9 cm³/mol. The molecule has 4 rings (SSSR count). The summed E-state index contributed by atoms with van der Waals surface area (Å²) >= 11 is 0. The van der Waals surface area contributed by atoms with E-state index < -0.39 is 0 Å². The van der Waals surface area contributed by atoms with E-state index >= 15 is 0 Å². The second-order valence-electron chi connectivity index (χ2n) is 6.47. The zero-order chi connectivity index (χ0) is 17.2. The Labute approximate surface area is 146 Å². The monoisotopic (exact) mass is 336 g/mol. The molecule has 1 atom stereocenters. The normalized spacial score (nSPS) is 18.8. The molecular formula is C20H20N2O3. The lowest BCUT2D eigenvalue weighted by atomic mass is 9.97. The molecule has 2 aromatic carbocycles. The Balaban J connectivity index is 1.48. The average molecular weight is 336 g/mol. The highest BCUT2D eigenvalue weighted by molar-refractivity contribution is 5.99. The van der Waals surface area contributed by atoms with Crippen LogP contribution in [-0.4, -0.2) is 25.2 Å². The van der Waals surface area contributed by atoms with Crippen molar-refractivity contribution >= 4 is 23.4 Å². The van der Waals surface area contributed by atoms with Crippen LogP contribution < -0.4 is 10.2 Å². The molecule has 128 valence electrons. The van der Waals surface area contributed by atoms with E-state index in [0.717, 1.165) is 12.8 Å². The number of rotatable bonds is 4. The fourth-order valence-electron chi connectivity index (χ4n) is 3.71. The van der Waals surface area contributed by atoms with Crippen molar-refractivity contribution < 1.29 is 14.3 Å². The highest BCUT2D eigenvalue weighted by Crippen LogP contribution is 2.36. The van der Waals surface area contributed by atoms with E-state index in [1.54, 1.807) is 4.90 Å². The molecule has 1 heterocycles. The maximum Gasteiger partial charge on any atom is 0.414 e. The van der Waals surface area contributed by atoms with Crippen molar-refractivity contribution in [2.45, 2.75) is 25.2 Å². The van der Waals surface area contributed by atoms with Crippen molar-refractivity contribution in [1.82, 2.24) is 0 Å². The van der Waals surface area contributed by atoms with Gasteiger partial charge >= 0.3 is 6.09 Å². The number of carbonyl (C=O) groups excluding carboxylic acids is 2. The standard InChI is InChI=1S/C20H20N2O3/c23-19(13-15-10-9-14-5-1-2-6-16(14)15)21-17-7-3-4-8-18(17)22-11-12-25-20(22)24/h1-8,15H,9-13H2,(H,21,23)/t15-/m1/s1. The Kier molecular flexibility index (Phi) is 4.14. The van der Waals surface area contributed by atoms with Gasteiger partial charge in [-0.2, -0.15) is 0 Å². The van der Waals surface area contributed by atoms with Gasteiger partial charge in [-0.15, -0.1) is 0 Å². The molecule has 0 spiro atoms. The minimum Gasteiger partial charge on any atom is -0.447 e. The fourth-order valence-corrected chi connectivity index (χ4v) is 3.71. The summed E-state index contributed by atoms with van der Waals surface area (Å²) in [5.74, 6) is 0.238. The number of fused-ring (bicyclic) bond motifs is 1. The van der Waals surface area contributed by atoms with Crippen LogP contribution in [0.25, 0.3) is 0 Å². The molecule has 2 aliphatic rings. The molecule has 1 aliphatic heterocycles. The number of ether oxygens (including phenoxy) is 1. The number of amides is 2. The third kappa shape index (κ3) is 3.09. The van der Waals surface area contributed by atoms with Crippen LogP contribution in [0, 0.1) is 0 Å². The van der Waals surface area contributed by atoms with E-state index in [0.29, 0.717) is 30.9 Å². The number of anilines is 2. The molecule has 0 radical (unpaired) electrons. The molecule has 5 nitrogen and oxygen atoms in total. The highest BCUT2D eigenvalue weighted by atomic mass is 16.6. The molecule has 25 heavy (non-hydrogen) atoms. The smallest absolute Gasteiger partial charge is 0.414 e. The summed E-state index contributed by atoms with van der Waals surface area (Å²) < 4.78 is 5.00. The van der Waals surface area contributed by atoms with Crippen molar-refractivity contribution in [2.24, 2.45) is 0 Å². The Bertz CT molecular complexity index is 818. The molecule has 5 heteroatoms. The van der Waals surface area contributed by atoms with Crippen LogP contribution in [0.15, 0.2) is 48.5 Å². The molecule has 1 aliphatic carbocycles. The molecule has 0 aromatic heterocycles. The van der Waals surface area contributed by atoms with Crippen LogP contribution >= 0.6 is 0 Å². The number of benzene rings is 2. The summed E-state index contributed by atoms with van der Waals surface area (Å²) in [5.41, 5.74) is 3.97. The number of carbonyl (C=O) groups is 2. The first-order chi connectivity index (χ1) is 12.2. The number of hydrogen-bond donors (Lipinski definition) is 1. The summed E-state index contributed by atoms with van der Waals surface area (Å²) in [4.78, 5) is 26.0. The largest absolute Gasteiger partial charge is 0.447 e. The maximum absolute atomic E-state index is 12.6. The van der Waals surface area contributed by atoms with Crippen LogP contribution in [-0.2, 0) is 16.0 Å². The van der Waals surface area contributed by atoms with Gasteiger partial charge < -0.3 is 10.1 Å². The van der Waals surface area contributed by atoms with Gasteiger partial charge in [0.2, 0.25) is 5.91 Å². The van der Waals surface area contributed by atoms with E-state index in [9.17, 15) is 9.59 Å². The van der Waals surface area contributed by atoms with Gasteiger partial charge in [0, 0.05) is 6.42 Å². The molecule has 1 fully saturated rings. The Morgan fingerprint density at radius 1 is 1.16 bits per heavy atom. The van der Waals surface area contributed by atoms with Gasteiger partial charge in [0.15, 0.2) is 0 Å². The molecular weight excluding hydrogens is 316 g/mol. The van der Waals surface area contributed by atoms with E-state index in [-0.39, 0.29) is 17.9 Å². The third-order valence-corrected chi connectivity index (χ3v) is 4.92. The Morgan fingerprint density at radius 2 is 1.96 bits per heavy atom. The maximum atomic E-state index is 12.6.